The van der Waals surface area contributed by atoms with Crippen LogP contribution in [0.15, 0.2) is 0 Å². The lowest BCUT2D eigenvalue weighted by Crippen LogP contribution is -2.40. The van der Waals surface area contributed by atoms with Crippen molar-refractivity contribution in [1.29, 1.82) is 0 Å². The molecule has 18 heavy (non-hydrogen) atoms. The summed E-state index contributed by atoms with van der Waals surface area (Å²) in [6.45, 7) is 5.64. The van der Waals surface area contributed by atoms with E-state index < -0.39 is 21.7 Å². The standard InChI is InChI=1S/C10H20N2O4S2/c1-4-12(6-8(3)10(11)17)18(14,15)7-9(13)16-5-2/h8H,4-7H2,1-3H3,(H2,11,17). The molecular formula is C10H20N2O4S2. The number of sulfonamides is 1. The van der Waals surface area contributed by atoms with Crippen LogP contribution in [0.3, 0.4) is 0 Å². The van der Waals surface area contributed by atoms with Gasteiger partial charge in [0.1, 0.15) is 0 Å². The summed E-state index contributed by atoms with van der Waals surface area (Å²) in [5, 5.41) is 0. The van der Waals surface area contributed by atoms with Gasteiger partial charge >= 0.3 is 5.97 Å². The Hall–Kier alpha value is -0.730. The van der Waals surface area contributed by atoms with Gasteiger partial charge in [-0.1, -0.05) is 26.1 Å². The van der Waals surface area contributed by atoms with Crippen LogP contribution in [-0.2, 0) is 19.6 Å². The van der Waals surface area contributed by atoms with Crippen LogP contribution in [0.2, 0.25) is 0 Å². The number of hydrogen-bond acceptors (Lipinski definition) is 5. The highest BCUT2D eigenvalue weighted by molar-refractivity contribution is 7.89. The Morgan fingerprint density at radius 1 is 1.44 bits per heavy atom. The maximum absolute atomic E-state index is 11.9. The third-order valence-electron chi connectivity index (χ3n) is 2.31. The molecule has 0 rings (SSSR count). The van der Waals surface area contributed by atoms with Gasteiger partial charge in [-0.25, -0.2) is 12.7 Å². The number of rotatable bonds is 8. The van der Waals surface area contributed by atoms with Crippen molar-refractivity contribution in [3.8, 4) is 0 Å². The number of nitrogens with two attached hydrogens (primary N) is 1. The molecule has 2 N–H and O–H groups in total. The first kappa shape index (κ1) is 17.3. The molecule has 0 aromatic carbocycles. The van der Waals surface area contributed by atoms with E-state index in [1.807, 2.05) is 0 Å². The van der Waals surface area contributed by atoms with E-state index in [-0.39, 0.29) is 30.6 Å². The van der Waals surface area contributed by atoms with Gasteiger partial charge in [0.2, 0.25) is 10.0 Å². The van der Waals surface area contributed by atoms with Crippen LogP contribution in [-0.4, -0.2) is 49.1 Å². The average molecular weight is 296 g/mol. The Bertz CT molecular complexity index is 395. The van der Waals surface area contributed by atoms with Gasteiger partial charge < -0.3 is 10.5 Å². The Labute approximate surface area is 114 Å². The van der Waals surface area contributed by atoms with E-state index in [0.29, 0.717) is 0 Å². The summed E-state index contributed by atoms with van der Waals surface area (Å²) in [5.41, 5.74) is 5.45. The van der Waals surface area contributed by atoms with Crippen LogP contribution in [0.25, 0.3) is 0 Å². The molecule has 106 valence electrons. The zero-order chi connectivity index (χ0) is 14.3. The molecule has 0 saturated heterocycles. The van der Waals surface area contributed by atoms with Crippen LogP contribution in [0, 0.1) is 5.92 Å². The lowest BCUT2D eigenvalue weighted by atomic mass is 10.2. The molecule has 0 aromatic heterocycles. The van der Waals surface area contributed by atoms with Crippen molar-refractivity contribution in [2.24, 2.45) is 11.7 Å². The highest BCUT2D eigenvalue weighted by atomic mass is 32.2. The third-order valence-corrected chi connectivity index (χ3v) is 4.51. The van der Waals surface area contributed by atoms with Crippen molar-refractivity contribution in [3.63, 3.8) is 0 Å². The Balaban J connectivity index is 4.72. The van der Waals surface area contributed by atoms with E-state index >= 15 is 0 Å². The van der Waals surface area contributed by atoms with Crippen molar-refractivity contribution in [3.05, 3.63) is 0 Å². The molecule has 0 spiro atoms. The predicted octanol–water partition coefficient (Wildman–Crippen LogP) is 0.123. The first-order valence-corrected chi connectivity index (χ1v) is 7.69. The highest BCUT2D eigenvalue weighted by Crippen LogP contribution is 2.07. The molecule has 6 nitrogen and oxygen atoms in total. The first-order valence-electron chi connectivity index (χ1n) is 5.67. The van der Waals surface area contributed by atoms with E-state index in [1.165, 1.54) is 4.31 Å². The second-order valence-electron chi connectivity index (χ2n) is 3.82. The summed E-state index contributed by atoms with van der Waals surface area (Å²) in [4.78, 5) is 11.5. The van der Waals surface area contributed by atoms with E-state index in [1.54, 1.807) is 20.8 Å². The number of thiocarbonyl (C=S) groups is 1. The third kappa shape index (κ3) is 5.74. The van der Waals surface area contributed by atoms with Gasteiger partial charge in [-0.05, 0) is 6.92 Å². The monoisotopic (exact) mass is 296 g/mol. The fourth-order valence-electron chi connectivity index (χ4n) is 1.28. The minimum absolute atomic E-state index is 0.157. The summed E-state index contributed by atoms with van der Waals surface area (Å²) in [7, 11) is -3.68. The van der Waals surface area contributed by atoms with Crippen molar-refractivity contribution >= 4 is 33.2 Å². The number of hydrogen-bond donors (Lipinski definition) is 1. The smallest absolute Gasteiger partial charge is 0.322 e. The molecule has 0 heterocycles. The number of esters is 1. The molecule has 1 unspecified atom stereocenters. The first-order chi connectivity index (χ1) is 8.24. The molecule has 8 heteroatoms. The number of ether oxygens (including phenoxy) is 1. The molecule has 1 atom stereocenters. The normalized spacial score (nSPS) is 13.3. The number of carbonyl (C=O) groups is 1. The lowest BCUT2D eigenvalue weighted by molar-refractivity contribution is -0.140. The minimum Gasteiger partial charge on any atom is -0.465 e. The van der Waals surface area contributed by atoms with Crippen LogP contribution in [0.5, 0.6) is 0 Å². The zero-order valence-corrected chi connectivity index (χ0v) is 12.5. The summed E-state index contributed by atoms with van der Waals surface area (Å²) in [6, 6.07) is 0. The molecule has 0 aliphatic heterocycles. The fraction of sp³-hybridized carbons (Fsp3) is 0.800. The van der Waals surface area contributed by atoms with Crippen molar-refractivity contribution in [1.82, 2.24) is 4.31 Å². The van der Waals surface area contributed by atoms with Crippen LogP contribution < -0.4 is 5.73 Å². The van der Waals surface area contributed by atoms with Crippen LogP contribution in [0.4, 0.5) is 0 Å². The zero-order valence-electron chi connectivity index (χ0n) is 10.9. The molecule has 0 radical (unpaired) electrons. The summed E-state index contributed by atoms with van der Waals surface area (Å²) >= 11 is 4.80. The largest absolute Gasteiger partial charge is 0.465 e. The van der Waals surface area contributed by atoms with Gasteiger partial charge in [0, 0.05) is 19.0 Å². The predicted molar refractivity (Wildman–Crippen MR) is 73.6 cm³/mol. The van der Waals surface area contributed by atoms with E-state index in [9.17, 15) is 13.2 Å². The summed E-state index contributed by atoms with van der Waals surface area (Å²) in [5.74, 6) is -1.64. The second kappa shape index (κ2) is 7.65. The molecule has 0 aliphatic carbocycles. The molecule has 0 saturated carbocycles. The second-order valence-corrected chi connectivity index (χ2v) is 6.26. The maximum atomic E-state index is 11.9. The van der Waals surface area contributed by atoms with Crippen LogP contribution >= 0.6 is 12.2 Å². The SMILES string of the molecule is CCOC(=O)CS(=O)(=O)N(CC)CC(C)C(N)=S. The molecular weight excluding hydrogens is 276 g/mol. The maximum Gasteiger partial charge on any atom is 0.322 e. The summed E-state index contributed by atoms with van der Waals surface area (Å²) < 4.78 is 29.7. The molecule has 0 aliphatic rings. The fourth-order valence-corrected chi connectivity index (χ4v) is 2.76. The number of nitrogens with zero attached hydrogens (tertiary/aromatic N) is 1. The van der Waals surface area contributed by atoms with Crippen molar-refractivity contribution < 1.29 is 17.9 Å². The van der Waals surface area contributed by atoms with Gasteiger partial charge in [-0.2, -0.15) is 0 Å². The van der Waals surface area contributed by atoms with E-state index in [2.05, 4.69) is 4.74 Å². The summed E-state index contributed by atoms with van der Waals surface area (Å²) in [6.07, 6.45) is 0. The van der Waals surface area contributed by atoms with Crippen molar-refractivity contribution in [2.75, 3.05) is 25.4 Å². The van der Waals surface area contributed by atoms with Gasteiger partial charge in [0.15, 0.2) is 5.75 Å². The molecule has 0 bridgehead atoms. The van der Waals surface area contributed by atoms with Gasteiger partial charge in [-0.15, -0.1) is 0 Å². The molecule has 0 aromatic rings. The Kier molecular flexibility index (Phi) is 7.34. The molecule has 0 amide bonds. The minimum atomic E-state index is -3.68. The molecule has 0 fully saturated rings. The van der Waals surface area contributed by atoms with Crippen molar-refractivity contribution in [2.45, 2.75) is 20.8 Å². The lowest BCUT2D eigenvalue weighted by Gasteiger charge is -2.23. The average Bonchev–Trinajstić information content (AvgIpc) is 2.24. The highest BCUT2D eigenvalue weighted by Gasteiger charge is 2.26. The van der Waals surface area contributed by atoms with E-state index in [0.717, 1.165) is 0 Å². The van der Waals surface area contributed by atoms with Gasteiger partial charge in [0.05, 0.1) is 11.6 Å². The topological polar surface area (TPSA) is 89.7 Å². The van der Waals surface area contributed by atoms with Crippen LogP contribution in [0.1, 0.15) is 20.8 Å². The Morgan fingerprint density at radius 2 is 2.00 bits per heavy atom. The Morgan fingerprint density at radius 3 is 2.39 bits per heavy atom. The number of carbonyl (C=O) groups excluding carboxylic acids is 1. The quantitative estimate of drug-likeness (QED) is 0.505. The van der Waals surface area contributed by atoms with Gasteiger partial charge in [-0.3, -0.25) is 4.79 Å². The van der Waals surface area contributed by atoms with E-state index in [4.69, 9.17) is 18.0 Å². The van der Waals surface area contributed by atoms with Gasteiger partial charge in [0.25, 0.3) is 0 Å².